The molecule has 0 atom stereocenters. The van der Waals surface area contributed by atoms with E-state index in [1.807, 2.05) is 62.4 Å². The fraction of sp³-hybridized carbons (Fsp3) is 0.154. The van der Waals surface area contributed by atoms with E-state index in [0.717, 1.165) is 28.1 Å². The average Bonchev–Trinajstić information content (AvgIpc) is 3.27. The largest absolute Gasteiger partial charge is 0.384 e. The zero-order chi connectivity index (χ0) is 24.1. The summed E-state index contributed by atoms with van der Waals surface area (Å²) in [4.78, 5) is 29.5. The maximum atomic E-state index is 12.6. The summed E-state index contributed by atoms with van der Waals surface area (Å²) in [6, 6.07) is 18.4. The van der Waals surface area contributed by atoms with E-state index in [0.29, 0.717) is 30.0 Å². The van der Waals surface area contributed by atoms with Gasteiger partial charge in [0.15, 0.2) is 0 Å². The molecule has 2 aromatic heterocycles. The Balaban J connectivity index is 1.38. The second kappa shape index (κ2) is 9.99. The number of aromatic nitrogens is 3. The van der Waals surface area contributed by atoms with Crippen LogP contribution in [-0.2, 0) is 13.1 Å². The van der Waals surface area contributed by atoms with Gasteiger partial charge in [-0.1, -0.05) is 30.3 Å². The van der Waals surface area contributed by atoms with Crippen LogP contribution >= 0.6 is 0 Å². The number of hydrogen-bond acceptors (Lipinski definition) is 5. The number of anilines is 2. The topological polar surface area (TPSA) is 115 Å². The van der Waals surface area contributed by atoms with E-state index in [-0.39, 0.29) is 11.8 Å². The number of aryl methyl sites for hydroxylation is 2. The van der Waals surface area contributed by atoms with E-state index in [1.54, 1.807) is 23.0 Å². The maximum absolute atomic E-state index is 12.6. The monoisotopic (exact) mass is 454 g/mol. The van der Waals surface area contributed by atoms with Crippen LogP contribution in [0.5, 0.6) is 0 Å². The van der Waals surface area contributed by atoms with Crippen molar-refractivity contribution in [1.82, 2.24) is 20.1 Å². The first-order valence-corrected chi connectivity index (χ1v) is 10.9. The van der Waals surface area contributed by atoms with Crippen molar-refractivity contribution in [1.29, 1.82) is 0 Å². The minimum atomic E-state index is -0.224. The second-order valence-electron chi connectivity index (χ2n) is 8.06. The molecule has 0 spiro atoms. The van der Waals surface area contributed by atoms with Gasteiger partial charge in [0.05, 0.1) is 18.3 Å². The first-order chi connectivity index (χ1) is 16.4. The van der Waals surface area contributed by atoms with Gasteiger partial charge in [-0.15, -0.1) is 0 Å². The van der Waals surface area contributed by atoms with E-state index < -0.39 is 0 Å². The summed E-state index contributed by atoms with van der Waals surface area (Å²) < 4.78 is 1.67. The number of nitrogens with one attached hydrogen (secondary N) is 2. The van der Waals surface area contributed by atoms with Crippen LogP contribution in [0.1, 0.15) is 43.1 Å². The van der Waals surface area contributed by atoms with Gasteiger partial charge in [0.2, 0.25) is 0 Å². The third-order valence-corrected chi connectivity index (χ3v) is 5.46. The summed E-state index contributed by atoms with van der Waals surface area (Å²) in [6.07, 6.45) is 3.22. The van der Waals surface area contributed by atoms with Crippen LogP contribution in [0.4, 0.5) is 11.5 Å². The molecule has 34 heavy (non-hydrogen) atoms. The van der Waals surface area contributed by atoms with Crippen LogP contribution in [0.25, 0.3) is 0 Å². The Kier molecular flexibility index (Phi) is 6.68. The molecule has 2 amide bonds. The number of rotatable bonds is 7. The molecular weight excluding hydrogens is 428 g/mol. The van der Waals surface area contributed by atoms with Crippen molar-refractivity contribution in [2.24, 2.45) is 0 Å². The third kappa shape index (κ3) is 5.47. The molecule has 172 valence electrons. The highest BCUT2D eigenvalue weighted by molar-refractivity contribution is 6.04. The summed E-state index contributed by atoms with van der Waals surface area (Å²) in [7, 11) is 0. The van der Waals surface area contributed by atoms with E-state index in [9.17, 15) is 9.59 Å². The van der Waals surface area contributed by atoms with Gasteiger partial charge in [0, 0.05) is 29.7 Å². The summed E-state index contributed by atoms with van der Waals surface area (Å²) in [5, 5.41) is 10.1. The molecule has 2 aromatic carbocycles. The number of para-hydroxylation sites is 1. The van der Waals surface area contributed by atoms with E-state index in [4.69, 9.17) is 5.73 Å². The van der Waals surface area contributed by atoms with Gasteiger partial charge in [-0.05, 0) is 60.9 Å². The van der Waals surface area contributed by atoms with E-state index in [2.05, 4.69) is 20.7 Å². The summed E-state index contributed by atoms with van der Waals surface area (Å²) in [5.74, 6) is 0.0576. The number of hydrogen-bond donors (Lipinski definition) is 3. The number of amides is 2. The van der Waals surface area contributed by atoms with Gasteiger partial charge in [-0.3, -0.25) is 14.3 Å². The molecule has 4 N–H and O–H groups in total. The Labute approximate surface area is 197 Å². The first-order valence-electron chi connectivity index (χ1n) is 10.9. The highest BCUT2D eigenvalue weighted by atomic mass is 16.2. The van der Waals surface area contributed by atoms with Crippen LogP contribution in [0.15, 0.2) is 73.1 Å². The van der Waals surface area contributed by atoms with Crippen molar-refractivity contribution in [3.63, 3.8) is 0 Å². The quantitative estimate of drug-likeness (QED) is 0.394. The fourth-order valence-electron chi connectivity index (χ4n) is 3.72. The van der Waals surface area contributed by atoms with E-state index in [1.165, 1.54) is 6.20 Å². The lowest BCUT2D eigenvalue weighted by molar-refractivity contribution is 0.0950. The average molecular weight is 455 g/mol. The number of benzene rings is 2. The molecule has 0 bridgehead atoms. The number of carbonyl (C=O) groups excluding carboxylic acids is 2. The number of carbonyl (C=O) groups is 2. The van der Waals surface area contributed by atoms with Crippen LogP contribution < -0.4 is 16.4 Å². The second-order valence-corrected chi connectivity index (χ2v) is 8.06. The number of nitrogens with two attached hydrogens (primary N) is 1. The predicted octanol–water partition coefficient (Wildman–Crippen LogP) is 3.71. The zero-order valence-electron chi connectivity index (χ0n) is 19.1. The lowest BCUT2D eigenvalue weighted by Crippen LogP contribution is -2.23. The number of nitrogens with zero attached hydrogens (tertiary/aromatic N) is 3. The van der Waals surface area contributed by atoms with E-state index >= 15 is 0 Å². The normalized spacial score (nSPS) is 10.6. The molecular formula is C26H26N6O2. The Morgan fingerprint density at radius 1 is 0.971 bits per heavy atom. The van der Waals surface area contributed by atoms with Crippen molar-refractivity contribution in [2.45, 2.75) is 26.9 Å². The molecule has 4 aromatic rings. The molecule has 0 radical (unpaired) electrons. The van der Waals surface area contributed by atoms with Crippen molar-refractivity contribution in [3.05, 3.63) is 107 Å². The standard InChI is InChI=1S/C26H26N6O2/c1-17-11-24(27)30-18(2)23(17)14-28-25(33)21-13-29-32(16-21)15-19-7-6-8-20(12-19)26(34)31-22-9-4-3-5-10-22/h3-13,16H,14-15H2,1-2H3,(H2,27,30)(H,28,33)(H,31,34). The van der Waals surface area contributed by atoms with Crippen LogP contribution in [-0.4, -0.2) is 26.6 Å². The third-order valence-electron chi connectivity index (χ3n) is 5.46. The Hall–Kier alpha value is -4.46. The van der Waals surface area contributed by atoms with Crippen LogP contribution in [0.3, 0.4) is 0 Å². The van der Waals surface area contributed by atoms with Crippen molar-refractivity contribution < 1.29 is 9.59 Å². The van der Waals surface area contributed by atoms with Crippen LogP contribution in [0.2, 0.25) is 0 Å². The van der Waals surface area contributed by atoms with Gasteiger partial charge in [0.25, 0.3) is 11.8 Å². The SMILES string of the molecule is Cc1cc(N)nc(C)c1CNC(=O)c1cnn(Cc2cccc(C(=O)Nc3ccccc3)c2)c1. The highest BCUT2D eigenvalue weighted by Crippen LogP contribution is 2.15. The molecule has 0 unspecified atom stereocenters. The fourth-order valence-corrected chi connectivity index (χ4v) is 3.72. The summed E-state index contributed by atoms with van der Waals surface area (Å²) in [5.41, 5.74) is 11.1. The van der Waals surface area contributed by atoms with Gasteiger partial charge in [0.1, 0.15) is 5.82 Å². The van der Waals surface area contributed by atoms with Crippen molar-refractivity contribution in [2.75, 3.05) is 11.1 Å². The van der Waals surface area contributed by atoms with Gasteiger partial charge in [-0.2, -0.15) is 5.10 Å². The molecule has 8 heteroatoms. The number of pyridine rings is 1. The van der Waals surface area contributed by atoms with Gasteiger partial charge < -0.3 is 16.4 Å². The lowest BCUT2D eigenvalue weighted by atomic mass is 10.1. The molecule has 0 fully saturated rings. The molecule has 2 heterocycles. The summed E-state index contributed by atoms with van der Waals surface area (Å²) >= 11 is 0. The number of nitrogen functional groups attached to an aromatic ring is 1. The lowest BCUT2D eigenvalue weighted by Gasteiger charge is -2.11. The molecule has 0 aliphatic rings. The minimum Gasteiger partial charge on any atom is -0.384 e. The highest BCUT2D eigenvalue weighted by Gasteiger charge is 2.12. The zero-order valence-corrected chi connectivity index (χ0v) is 19.1. The smallest absolute Gasteiger partial charge is 0.255 e. The van der Waals surface area contributed by atoms with Gasteiger partial charge >= 0.3 is 0 Å². The Morgan fingerprint density at radius 3 is 2.53 bits per heavy atom. The minimum absolute atomic E-state index is 0.184. The van der Waals surface area contributed by atoms with Crippen LogP contribution in [0, 0.1) is 13.8 Å². The molecule has 0 saturated heterocycles. The molecule has 8 nitrogen and oxygen atoms in total. The molecule has 0 aliphatic carbocycles. The Morgan fingerprint density at radius 2 is 1.76 bits per heavy atom. The summed E-state index contributed by atoms with van der Waals surface area (Å²) in [6.45, 7) is 4.60. The maximum Gasteiger partial charge on any atom is 0.255 e. The van der Waals surface area contributed by atoms with Gasteiger partial charge in [-0.25, -0.2) is 4.98 Å². The Bertz CT molecular complexity index is 1310. The first kappa shape index (κ1) is 22.7. The van der Waals surface area contributed by atoms with Crippen molar-refractivity contribution in [3.8, 4) is 0 Å². The van der Waals surface area contributed by atoms with Crippen molar-refractivity contribution >= 4 is 23.3 Å². The molecule has 0 aliphatic heterocycles. The predicted molar refractivity (Wildman–Crippen MR) is 131 cm³/mol. The molecule has 4 rings (SSSR count). The molecule has 0 saturated carbocycles.